The highest BCUT2D eigenvalue weighted by Crippen LogP contribution is 2.35. The van der Waals surface area contributed by atoms with E-state index in [-0.39, 0.29) is 6.10 Å². The molecule has 1 atom stereocenters. The van der Waals surface area contributed by atoms with Crippen LogP contribution in [0.1, 0.15) is 26.3 Å². The van der Waals surface area contributed by atoms with Crippen LogP contribution in [0, 0.1) is 0 Å². The zero-order chi connectivity index (χ0) is 16.3. The van der Waals surface area contributed by atoms with Crippen LogP contribution in [0.2, 0.25) is 0 Å². The van der Waals surface area contributed by atoms with Gasteiger partial charge in [0.05, 0.1) is 32.6 Å². The molecule has 122 valence electrons. The minimum atomic E-state index is -0.555. The third-order valence-corrected chi connectivity index (χ3v) is 3.09. The molecule has 0 spiro atoms. The van der Waals surface area contributed by atoms with Gasteiger partial charge in [-0.25, -0.2) is 4.79 Å². The second kappa shape index (κ2) is 6.44. The minimum Gasteiger partial charge on any atom is -0.493 e. The van der Waals surface area contributed by atoms with E-state index in [4.69, 9.17) is 18.9 Å². The molecule has 0 saturated carbocycles. The Morgan fingerprint density at radius 1 is 1.27 bits per heavy atom. The monoisotopic (exact) mass is 309 g/mol. The van der Waals surface area contributed by atoms with Gasteiger partial charge in [-0.2, -0.15) is 0 Å². The summed E-state index contributed by atoms with van der Waals surface area (Å²) in [5.41, 5.74) is 1.01. The SMILES string of the molecule is COc1cc(CC2CO2)c(NC(=O)OC(C)(C)C)cc1OC. The van der Waals surface area contributed by atoms with Crippen molar-refractivity contribution in [3.05, 3.63) is 17.7 Å². The first-order chi connectivity index (χ1) is 10.3. The normalized spacial score (nSPS) is 16.9. The summed E-state index contributed by atoms with van der Waals surface area (Å²) in [5.74, 6) is 1.17. The summed E-state index contributed by atoms with van der Waals surface area (Å²) in [7, 11) is 3.13. The van der Waals surface area contributed by atoms with E-state index in [1.807, 2.05) is 26.8 Å². The number of carbonyl (C=O) groups excluding carboxylic acids is 1. The van der Waals surface area contributed by atoms with E-state index in [2.05, 4.69) is 5.32 Å². The number of ether oxygens (including phenoxy) is 4. The third-order valence-electron chi connectivity index (χ3n) is 3.09. The Balaban J connectivity index is 2.24. The molecular formula is C16H23NO5. The van der Waals surface area contributed by atoms with E-state index in [1.165, 1.54) is 0 Å². The molecule has 6 heteroatoms. The standard InChI is InChI=1S/C16H23NO5/c1-16(2,3)22-15(18)17-12-8-14(20-5)13(19-4)7-10(12)6-11-9-21-11/h7-8,11H,6,9H2,1-5H3,(H,17,18). The van der Waals surface area contributed by atoms with Crippen molar-refractivity contribution >= 4 is 11.8 Å². The summed E-state index contributed by atoms with van der Waals surface area (Å²) in [6.07, 6.45) is 0.390. The molecular weight excluding hydrogens is 286 g/mol. The Hall–Kier alpha value is -1.95. The van der Waals surface area contributed by atoms with Gasteiger partial charge >= 0.3 is 6.09 Å². The van der Waals surface area contributed by atoms with Crippen LogP contribution < -0.4 is 14.8 Å². The van der Waals surface area contributed by atoms with Gasteiger partial charge in [0.1, 0.15) is 5.60 Å². The van der Waals surface area contributed by atoms with Gasteiger partial charge in [-0.3, -0.25) is 5.32 Å². The molecule has 1 heterocycles. The van der Waals surface area contributed by atoms with Crippen molar-refractivity contribution in [2.24, 2.45) is 0 Å². The highest BCUT2D eigenvalue weighted by Gasteiger charge is 2.26. The number of carbonyl (C=O) groups is 1. The Labute approximate surface area is 130 Å². The quantitative estimate of drug-likeness (QED) is 0.847. The molecule has 1 fully saturated rings. The minimum absolute atomic E-state index is 0.192. The molecule has 1 N–H and O–H groups in total. The molecule has 1 aliphatic heterocycles. The summed E-state index contributed by atoms with van der Waals surface area (Å²) in [6.45, 7) is 6.20. The van der Waals surface area contributed by atoms with Gasteiger partial charge < -0.3 is 18.9 Å². The highest BCUT2D eigenvalue weighted by atomic mass is 16.6. The lowest BCUT2D eigenvalue weighted by atomic mass is 10.1. The van der Waals surface area contributed by atoms with E-state index in [0.717, 1.165) is 12.2 Å². The molecule has 1 unspecified atom stereocenters. The summed E-state index contributed by atoms with van der Waals surface area (Å²) >= 11 is 0. The van der Waals surface area contributed by atoms with Gasteiger partial charge in [-0.1, -0.05) is 0 Å². The zero-order valence-corrected chi connectivity index (χ0v) is 13.7. The molecule has 6 nitrogen and oxygen atoms in total. The first kappa shape index (κ1) is 16.4. The number of benzene rings is 1. The highest BCUT2D eigenvalue weighted by molar-refractivity contribution is 5.86. The molecule has 1 saturated heterocycles. The van der Waals surface area contributed by atoms with Crippen LogP contribution in [0.15, 0.2) is 12.1 Å². The molecule has 2 rings (SSSR count). The van der Waals surface area contributed by atoms with E-state index in [1.54, 1.807) is 20.3 Å². The molecule has 0 radical (unpaired) electrons. The summed E-state index contributed by atoms with van der Waals surface area (Å²) < 4.78 is 21.2. The lowest BCUT2D eigenvalue weighted by Crippen LogP contribution is -2.27. The molecule has 0 aromatic heterocycles. The van der Waals surface area contributed by atoms with E-state index < -0.39 is 11.7 Å². The van der Waals surface area contributed by atoms with Crippen molar-refractivity contribution in [3.63, 3.8) is 0 Å². The molecule has 0 aliphatic carbocycles. The molecule has 1 aromatic carbocycles. The number of amides is 1. The number of rotatable bonds is 5. The van der Waals surface area contributed by atoms with Gasteiger partial charge in [0.15, 0.2) is 11.5 Å². The van der Waals surface area contributed by atoms with Gasteiger partial charge in [0, 0.05) is 12.5 Å². The third kappa shape index (κ3) is 4.53. The average Bonchev–Trinajstić information content (AvgIpc) is 3.21. The van der Waals surface area contributed by atoms with Crippen LogP contribution in [0.25, 0.3) is 0 Å². The fourth-order valence-corrected chi connectivity index (χ4v) is 2.05. The van der Waals surface area contributed by atoms with Crippen LogP contribution >= 0.6 is 0 Å². The van der Waals surface area contributed by atoms with Crippen molar-refractivity contribution in [3.8, 4) is 11.5 Å². The molecule has 22 heavy (non-hydrogen) atoms. The van der Waals surface area contributed by atoms with Crippen molar-refractivity contribution in [1.82, 2.24) is 0 Å². The Kier molecular flexibility index (Phi) is 4.81. The second-order valence-electron chi connectivity index (χ2n) is 6.15. The van der Waals surface area contributed by atoms with Crippen molar-refractivity contribution in [2.45, 2.75) is 38.9 Å². The predicted molar refractivity (Wildman–Crippen MR) is 82.8 cm³/mol. The van der Waals surface area contributed by atoms with Crippen LogP contribution in [-0.2, 0) is 15.9 Å². The van der Waals surface area contributed by atoms with Crippen LogP contribution in [0.3, 0.4) is 0 Å². The fourth-order valence-electron chi connectivity index (χ4n) is 2.05. The average molecular weight is 309 g/mol. The van der Waals surface area contributed by atoms with Gasteiger partial charge in [-0.05, 0) is 32.4 Å². The van der Waals surface area contributed by atoms with Gasteiger partial charge in [-0.15, -0.1) is 0 Å². The maximum absolute atomic E-state index is 12.0. The van der Waals surface area contributed by atoms with E-state index in [9.17, 15) is 4.79 Å². The van der Waals surface area contributed by atoms with Crippen LogP contribution in [0.4, 0.5) is 10.5 Å². The molecule has 1 aromatic rings. The molecule has 1 amide bonds. The number of epoxide rings is 1. The first-order valence-electron chi connectivity index (χ1n) is 7.19. The molecule has 0 bridgehead atoms. The molecule has 1 aliphatic rings. The van der Waals surface area contributed by atoms with Gasteiger partial charge in [0.2, 0.25) is 0 Å². The number of hydrogen-bond donors (Lipinski definition) is 1. The number of hydrogen-bond acceptors (Lipinski definition) is 5. The van der Waals surface area contributed by atoms with Crippen LogP contribution in [0.5, 0.6) is 11.5 Å². The zero-order valence-electron chi connectivity index (χ0n) is 13.7. The van der Waals surface area contributed by atoms with E-state index >= 15 is 0 Å². The Morgan fingerprint density at radius 2 is 1.86 bits per heavy atom. The summed E-state index contributed by atoms with van der Waals surface area (Å²) in [4.78, 5) is 12.0. The predicted octanol–water partition coefficient (Wildman–Crippen LogP) is 2.99. The first-order valence-corrected chi connectivity index (χ1v) is 7.19. The smallest absolute Gasteiger partial charge is 0.412 e. The van der Waals surface area contributed by atoms with Crippen LogP contribution in [-0.4, -0.2) is 38.6 Å². The number of nitrogens with one attached hydrogen (secondary N) is 1. The second-order valence-corrected chi connectivity index (χ2v) is 6.15. The summed E-state index contributed by atoms with van der Waals surface area (Å²) in [6, 6.07) is 3.59. The van der Waals surface area contributed by atoms with Crippen molar-refractivity contribution in [2.75, 3.05) is 26.1 Å². The maximum atomic E-state index is 12.0. The Bertz CT molecular complexity index is 546. The summed E-state index contributed by atoms with van der Waals surface area (Å²) in [5, 5.41) is 2.77. The van der Waals surface area contributed by atoms with Crippen molar-refractivity contribution < 1.29 is 23.7 Å². The lowest BCUT2D eigenvalue weighted by Gasteiger charge is -2.21. The van der Waals surface area contributed by atoms with E-state index in [0.29, 0.717) is 23.6 Å². The fraction of sp³-hybridized carbons (Fsp3) is 0.562. The topological polar surface area (TPSA) is 69.3 Å². The van der Waals surface area contributed by atoms with Crippen molar-refractivity contribution in [1.29, 1.82) is 0 Å². The largest absolute Gasteiger partial charge is 0.493 e. The number of anilines is 1. The van der Waals surface area contributed by atoms with Gasteiger partial charge in [0.25, 0.3) is 0 Å². The maximum Gasteiger partial charge on any atom is 0.412 e. The Morgan fingerprint density at radius 3 is 2.36 bits per heavy atom. The number of methoxy groups -OCH3 is 2. The lowest BCUT2D eigenvalue weighted by molar-refractivity contribution is 0.0635.